The van der Waals surface area contributed by atoms with Crippen LogP contribution in [0.25, 0.3) is 0 Å². The Morgan fingerprint density at radius 3 is 2.94 bits per heavy atom. The zero-order chi connectivity index (χ0) is 13.1. The second kappa shape index (κ2) is 6.09. The van der Waals surface area contributed by atoms with Crippen molar-refractivity contribution >= 4 is 23.5 Å². The lowest BCUT2D eigenvalue weighted by Gasteiger charge is -2.17. The van der Waals surface area contributed by atoms with Crippen LogP contribution in [-0.4, -0.2) is 28.7 Å². The number of ketones is 1. The summed E-state index contributed by atoms with van der Waals surface area (Å²) in [7, 11) is 0. The lowest BCUT2D eigenvalue weighted by atomic mass is 9.96. The zero-order valence-corrected chi connectivity index (χ0v) is 12.1. The van der Waals surface area contributed by atoms with Crippen LogP contribution in [-0.2, 0) is 9.59 Å². The minimum Gasteiger partial charge on any atom is -0.352 e. The molecule has 2 saturated heterocycles. The fraction of sp³-hybridized carbons (Fsp3) is 0.857. The summed E-state index contributed by atoms with van der Waals surface area (Å²) < 4.78 is 0. The minimum absolute atomic E-state index is 0.171. The number of amides is 1. The summed E-state index contributed by atoms with van der Waals surface area (Å²) in [5.41, 5.74) is 0. The standard InChI is InChI=1S/C14H23NO2S/c1-9(2)11(16)5-3-4-6-12-14-10(8-18-12)7-13(17)15-14/h9-10,12,14H,3-8H2,1-2H3,(H,15,17)/t10-,12-,14-/m0/s1. The van der Waals surface area contributed by atoms with Crippen molar-refractivity contribution in [3.63, 3.8) is 0 Å². The monoisotopic (exact) mass is 269 g/mol. The molecule has 1 N–H and O–H groups in total. The van der Waals surface area contributed by atoms with Gasteiger partial charge in [0.2, 0.25) is 5.91 Å². The highest BCUT2D eigenvalue weighted by atomic mass is 32.2. The molecular formula is C14H23NO2S. The molecule has 3 nitrogen and oxygen atoms in total. The molecule has 2 aliphatic heterocycles. The van der Waals surface area contributed by atoms with E-state index >= 15 is 0 Å². The van der Waals surface area contributed by atoms with E-state index in [0.29, 0.717) is 23.0 Å². The Balaban J connectivity index is 1.66. The van der Waals surface area contributed by atoms with Gasteiger partial charge in [-0.3, -0.25) is 9.59 Å². The Morgan fingerprint density at radius 1 is 1.44 bits per heavy atom. The van der Waals surface area contributed by atoms with E-state index in [4.69, 9.17) is 0 Å². The Morgan fingerprint density at radius 2 is 2.22 bits per heavy atom. The first-order chi connectivity index (χ1) is 8.58. The number of hydrogen-bond donors (Lipinski definition) is 1. The van der Waals surface area contributed by atoms with Crippen molar-refractivity contribution in [1.82, 2.24) is 5.32 Å². The SMILES string of the molecule is CC(C)C(=O)CCCC[C@@H]1SC[C@@H]2CC(=O)N[C@@H]21. The van der Waals surface area contributed by atoms with E-state index in [1.807, 2.05) is 25.6 Å². The van der Waals surface area contributed by atoms with Gasteiger partial charge < -0.3 is 5.32 Å². The summed E-state index contributed by atoms with van der Waals surface area (Å²) >= 11 is 2.00. The number of hydrogen-bond acceptors (Lipinski definition) is 3. The van der Waals surface area contributed by atoms with Gasteiger partial charge in [-0.25, -0.2) is 0 Å². The molecule has 4 heteroatoms. The van der Waals surface area contributed by atoms with Crippen molar-refractivity contribution < 1.29 is 9.59 Å². The molecule has 0 aliphatic carbocycles. The fourth-order valence-corrected chi connectivity index (χ4v) is 4.48. The quantitative estimate of drug-likeness (QED) is 0.753. The first kappa shape index (κ1) is 13.9. The largest absolute Gasteiger partial charge is 0.352 e. The molecule has 2 heterocycles. The molecule has 0 unspecified atom stereocenters. The van der Waals surface area contributed by atoms with E-state index in [2.05, 4.69) is 5.32 Å². The summed E-state index contributed by atoms with van der Waals surface area (Å²) in [5, 5.41) is 3.69. The minimum atomic E-state index is 0.171. The van der Waals surface area contributed by atoms with Crippen LogP contribution < -0.4 is 5.32 Å². The molecule has 0 aromatic heterocycles. The number of carbonyl (C=O) groups is 2. The van der Waals surface area contributed by atoms with Crippen LogP contribution in [0.3, 0.4) is 0 Å². The number of nitrogens with one attached hydrogen (secondary N) is 1. The van der Waals surface area contributed by atoms with Gasteiger partial charge in [0.05, 0.1) is 0 Å². The molecule has 18 heavy (non-hydrogen) atoms. The number of Topliss-reactive ketones (excluding diaryl/α,β-unsaturated/α-hetero) is 1. The second-order valence-corrected chi connectivity index (χ2v) is 7.07. The number of carbonyl (C=O) groups excluding carboxylic acids is 2. The Kier molecular flexibility index (Phi) is 4.71. The molecule has 102 valence electrons. The maximum absolute atomic E-state index is 11.5. The first-order valence-corrected chi connectivity index (χ1v) is 8.06. The van der Waals surface area contributed by atoms with Crippen molar-refractivity contribution in [2.24, 2.45) is 11.8 Å². The van der Waals surface area contributed by atoms with Gasteiger partial charge in [0.25, 0.3) is 0 Å². The van der Waals surface area contributed by atoms with Crippen LogP contribution in [0.4, 0.5) is 0 Å². The molecule has 0 saturated carbocycles. The first-order valence-electron chi connectivity index (χ1n) is 7.01. The molecule has 2 aliphatic rings. The topological polar surface area (TPSA) is 46.2 Å². The fourth-order valence-electron chi connectivity index (χ4n) is 2.83. The Labute approximate surface area is 113 Å². The summed E-state index contributed by atoms with van der Waals surface area (Å²) in [6.07, 6.45) is 4.68. The third-order valence-corrected chi connectivity index (χ3v) is 5.59. The van der Waals surface area contributed by atoms with E-state index in [0.717, 1.165) is 37.9 Å². The van der Waals surface area contributed by atoms with Gasteiger partial charge in [0.15, 0.2) is 0 Å². The Bertz CT molecular complexity index is 330. The summed E-state index contributed by atoms with van der Waals surface area (Å²) in [4.78, 5) is 22.8. The molecule has 1 amide bonds. The average molecular weight is 269 g/mol. The molecular weight excluding hydrogens is 246 g/mol. The highest BCUT2D eigenvalue weighted by Crippen LogP contribution is 2.39. The van der Waals surface area contributed by atoms with Gasteiger partial charge in [0.1, 0.15) is 5.78 Å². The van der Waals surface area contributed by atoms with E-state index in [1.54, 1.807) is 0 Å². The van der Waals surface area contributed by atoms with E-state index in [9.17, 15) is 9.59 Å². The van der Waals surface area contributed by atoms with E-state index in [1.165, 1.54) is 0 Å². The third-order valence-electron chi connectivity index (χ3n) is 4.01. The van der Waals surface area contributed by atoms with E-state index in [-0.39, 0.29) is 11.8 Å². The lowest BCUT2D eigenvalue weighted by Crippen LogP contribution is -2.34. The lowest BCUT2D eigenvalue weighted by molar-refractivity contribution is -0.122. The molecule has 2 rings (SSSR count). The van der Waals surface area contributed by atoms with Gasteiger partial charge in [-0.05, 0) is 24.5 Å². The molecule has 0 spiro atoms. The van der Waals surface area contributed by atoms with Gasteiger partial charge in [0, 0.05) is 30.1 Å². The van der Waals surface area contributed by atoms with Crippen LogP contribution >= 0.6 is 11.8 Å². The Hall–Kier alpha value is -0.510. The molecule has 3 atom stereocenters. The summed E-state index contributed by atoms with van der Waals surface area (Å²) in [6, 6.07) is 0.406. The highest BCUT2D eigenvalue weighted by molar-refractivity contribution is 8.00. The molecule has 2 fully saturated rings. The smallest absolute Gasteiger partial charge is 0.220 e. The van der Waals surface area contributed by atoms with Crippen molar-refractivity contribution in [2.45, 2.75) is 57.2 Å². The average Bonchev–Trinajstić information content (AvgIpc) is 2.84. The number of thioether (sulfide) groups is 1. The van der Waals surface area contributed by atoms with Crippen molar-refractivity contribution in [1.29, 1.82) is 0 Å². The maximum atomic E-state index is 11.5. The predicted octanol–water partition coefficient (Wildman–Crippen LogP) is 2.39. The van der Waals surface area contributed by atoms with Crippen LogP contribution in [0.2, 0.25) is 0 Å². The molecule has 0 radical (unpaired) electrons. The van der Waals surface area contributed by atoms with Crippen molar-refractivity contribution in [2.75, 3.05) is 5.75 Å². The summed E-state index contributed by atoms with van der Waals surface area (Å²) in [6.45, 7) is 3.93. The second-order valence-electron chi connectivity index (χ2n) is 5.80. The zero-order valence-electron chi connectivity index (χ0n) is 11.3. The van der Waals surface area contributed by atoms with Crippen LogP contribution in [0, 0.1) is 11.8 Å². The van der Waals surface area contributed by atoms with E-state index < -0.39 is 0 Å². The summed E-state index contributed by atoms with van der Waals surface area (Å²) in [5.74, 6) is 2.46. The third kappa shape index (κ3) is 3.28. The van der Waals surface area contributed by atoms with Gasteiger partial charge in [-0.1, -0.05) is 20.3 Å². The van der Waals surface area contributed by atoms with Crippen LogP contribution in [0.15, 0.2) is 0 Å². The van der Waals surface area contributed by atoms with Gasteiger partial charge >= 0.3 is 0 Å². The molecule has 0 aromatic carbocycles. The molecule has 0 bridgehead atoms. The van der Waals surface area contributed by atoms with Crippen LogP contribution in [0.1, 0.15) is 46.0 Å². The van der Waals surface area contributed by atoms with Crippen molar-refractivity contribution in [3.05, 3.63) is 0 Å². The number of rotatable bonds is 6. The maximum Gasteiger partial charge on any atom is 0.220 e. The number of unbranched alkanes of at least 4 members (excludes halogenated alkanes) is 1. The highest BCUT2D eigenvalue weighted by Gasteiger charge is 2.42. The van der Waals surface area contributed by atoms with Gasteiger partial charge in [-0.15, -0.1) is 0 Å². The normalized spacial score (nSPS) is 30.6. The number of fused-ring (bicyclic) bond motifs is 1. The van der Waals surface area contributed by atoms with Crippen molar-refractivity contribution in [3.8, 4) is 0 Å². The molecule has 0 aromatic rings. The predicted molar refractivity (Wildman–Crippen MR) is 74.6 cm³/mol. The van der Waals surface area contributed by atoms with Crippen LogP contribution in [0.5, 0.6) is 0 Å². The van der Waals surface area contributed by atoms with Gasteiger partial charge in [-0.2, -0.15) is 11.8 Å².